The number of anilines is 1. The van der Waals surface area contributed by atoms with Crippen LogP contribution < -0.4 is 10.9 Å². The zero-order valence-electron chi connectivity index (χ0n) is 15.6. The minimum atomic E-state index is -0.124. The molecule has 2 heterocycles. The van der Waals surface area contributed by atoms with Gasteiger partial charge in [-0.3, -0.25) is 9.36 Å². The topological polar surface area (TPSA) is 72.7 Å². The van der Waals surface area contributed by atoms with Crippen molar-refractivity contribution in [3.8, 4) is 11.3 Å². The molecule has 0 amide bonds. The van der Waals surface area contributed by atoms with Gasteiger partial charge in [-0.1, -0.05) is 35.3 Å². The Labute approximate surface area is 177 Å². The minimum absolute atomic E-state index is 0.124. The van der Waals surface area contributed by atoms with Gasteiger partial charge < -0.3 is 5.32 Å². The van der Waals surface area contributed by atoms with E-state index in [4.69, 9.17) is 23.2 Å². The fourth-order valence-corrected chi connectivity index (χ4v) is 3.26. The molecular formula is C21H17Cl2N5O. The molecule has 29 heavy (non-hydrogen) atoms. The van der Waals surface area contributed by atoms with E-state index in [1.54, 1.807) is 25.2 Å². The van der Waals surface area contributed by atoms with Crippen LogP contribution in [-0.2, 0) is 13.5 Å². The fraction of sp³-hybridized carbons (Fsp3) is 0.143. The lowest BCUT2D eigenvalue weighted by atomic mass is 10.1. The Morgan fingerprint density at radius 3 is 2.45 bits per heavy atom. The maximum atomic E-state index is 12.5. The number of rotatable bonds is 5. The molecule has 4 rings (SSSR count). The third kappa shape index (κ3) is 4.23. The predicted molar refractivity (Wildman–Crippen MR) is 117 cm³/mol. The molecule has 0 aliphatic heterocycles. The summed E-state index contributed by atoms with van der Waals surface area (Å²) in [7, 11) is 1.69. The van der Waals surface area contributed by atoms with Gasteiger partial charge in [0.1, 0.15) is 0 Å². The predicted octanol–water partition coefficient (Wildman–Crippen LogP) is 4.35. The van der Waals surface area contributed by atoms with E-state index >= 15 is 0 Å². The second-order valence-corrected chi connectivity index (χ2v) is 7.43. The normalized spacial score (nSPS) is 11.0. The smallest absolute Gasteiger partial charge is 0.262 e. The summed E-state index contributed by atoms with van der Waals surface area (Å²) in [6.07, 6.45) is 0.636. The second-order valence-electron chi connectivity index (χ2n) is 6.55. The van der Waals surface area contributed by atoms with Crippen molar-refractivity contribution in [1.82, 2.24) is 19.7 Å². The third-order valence-electron chi connectivity index (χ3n) is 4.56. The molecule has 0 radical (unpaired) electrons. The lowest BCUT2D eigenvalue weighted by molar-refractivity contribution is 0.822. The van der Waals surface area contributed by atoms with E-state index < -0.39 is 0 Å². The van der Waals surface area contributed by atoms with Crippen LogP contribution in [0.25, 0.3) is 22.2 Å². The quantitative estimate of drug-likeness (QED) is 0.514. The first-order valence-corrected chi connectivity index (χ1v) is 9.75. The van der Waals surface area contributed by atoms with E-state index in [1.165, 1.54) is 4.57 Å². The average Bonchev–Trinajstić information content (AvgIpc) is 2.72. The Morgan fingerprint density at radius 1 is 0.966 bits per heavy atom. The summed E-state index contributed by atoms with van der Waals surface area (Å²) in [4.78, 5) is 17.0. The van der Waals surface area contributed by atoms with Gasteiger partial charge in [0.25, 0.3) is 5.56 Å². The van der Waals surface area contributed by atoms with Crippen molar-refractivity contribution < 1.29 is 0 Å². The molecule has 146 valence electrons. The number of halogens is 2. The minimum Gasteiger partial charge on any atom is -0.355 e. The molecule has 0 aliphatic rings. The third-order valence-corrected chi connectivity index (χ3v) is 5.05. The standard InChI is InChI=1S/C21H17Cl2N5O/c1-28-20(29)17-8-6-15(23)12-19(17)25-21(28)24-11-10-16-7-9-18(27-26-16)13-2-4-14(22)5-3-13/h2-9,12H,10-11H2,1H3,(H,24,25). The Hall–Kier alpha value is -2.96. The van der Waals surface area contributed by atoms with Crippen molar-refractivity contribution >= 4 is 40.1 Å². The molecule has 0 unspecified atom stereocenters. The molecule has 4 aromatic rings. The van der Waals surface area contributed by atoms with Gasteiger partial charge in [0.15, 0.2) is 0 Å². The molecule has 0 atom stereocenters. The van der Waals surface area contributed by atoms with Gasteiger partial charge in [-0.25, -0.2) is 4.98 Å². The Balaban J connectivity index is 1.45. The summed E-state index contributed by atoms with van der Waals surface area (Å²) in [6, 6.07) is 16.4. The molecule has 8 heteroatoms. The number of aromatic nitrogens is 4. The molecule has 0 bridgehead atoms. The molecule has 0 fully saturated rings. The van der Waals surface area contributed by atoms with E-state index in [0.717, 1.165) is 17.0 Å². The van der Waals surface area contributed by atoms with Crippen molar-refractivity contribution in [2.45, 2.75) is 6.42 Å². The number of fused-ring (bicyclic) bond motifs is 1. The van der Waals surface area contributed by atoms with Crippen LogP contribution in [0.1, 0.15) is 5.69 Å². The molecule has 1 N–H and O–H groups in total. The maximum absolute atomic E-state index is 12.5. The van der Waals surface area contributed by atoms with E-state index in [1.807, 2.05) is 36.4 Å². The van der Waals surface area contributed by atoms with Crippen LogP contribution in [0.3, 0.4) is 0 Å². The van der Waals surface area contributed by atoms with Crippen LogP contribution >= 0.6 is 23.2 Å². The van der Waals surface area contributed by atoms with Gasteiger partial charge in [-0.2, -0.15) is 10.2 Å². The number of hydrogen-bond acceptors (Lipinski definition) is 5. The van der Waals surface area contributed by atoms with E-state index in [-0.39, 0.29) is 5.56 Å². The molecule has 6 nitrogen and oxygen atoms in total. The molecule has 2 aromatic carbocycles. The Morgan fingerprint density at radius 2 is 1.72 bits per heavy atom. The monoisotopic (exact) mass is 425 g/mol. The molecule has 0 aliphatic carbocycles. The summed E-state index contributed by atoms with van der Waals surface area (Å²) in [6.45, 7) is 0.557. The summed E-state index contributed by atoms with van der Waals surface area (Å²) < 4.78 is 1.49. The second kappa shape index (κ2) is 8.19. The number of hydrogen-bond donors (Lipinski definition) is 1. The highest BCUT2D eigenvalue weighted by Crippen LogP contribution is 2.19. The highest BCUT2D eigenvalue weighted by Gasteiger charge is 2.09. The summed E-state index contributed by atoms with van der Waals surface area (Å²) in [5, 5.41) is 13.5. The van der Waals surface area contributed by atoms with Crippen LogP contribution in [0.5, 0.6) is 0 Å². The van der Waals surface area contributed by atoms with Crippen LogP contribution in [-0.4, -0.2) is 26.3 Å². The Kier molecular flexibility index (Phi) is 5.47. The maximum Gasteiger partial charge on any atom is 0.262 e. The highest BCUT2D eigenvalue weighted by atomic mass is 35.5. The van der Waals surface area contributed by atoms with E-state index in [9.17, 15) is 4.79 Å². The zero-order chi connectivity index (χ0) is 20.4. The van der Waals surface area contributed by atoms with Gasteiger partial charge in [-0.05, 0) is 42.5 Å². The van der Waals surface area contributed by atoms with Gasteiger partial charge in [0.2, 0.25) is 5.95 Å². The first-order chi connectivity index (χ1) is 14.0. The number of benzene rings is 2. The fourth-order valence-electron chi connectivity index (χ4n) is 2.97. The number of nitrogens with one attached hydrogen (secondary N) is 1. The molecule has 0 saturated heterocycles. The lowest BCUT2D eigenvalue weighted by Crippen LogP contribution is -2.23. The van der Waals surface area contributed by atoms with Crippen LogP contribution in [0.4, 0.5) is 5.95 Å². The van der Waals surface area contributed by atoms with Gasteiger partial charge in [0.05, 0.1) is 22.3 Å². The van der Waals surface area contributed by atoms with Crippen molar-refractivity contribution in [2.75, 3.05) is 11.9 Å². The highest BCUT2D eigenvalue weighted by molar-refractivity contribution is 6.31. The Bertz CT molecular complexity index is 1220. The summed E-state index contributed by atoms with van der Waals surface area (Å²) in [5.74, 6) is 0.482. The van der Waals surface area contributed by atoms with Gasteiger partial charge in [0, 0.05) is 35.6 Å². The average molecular weight is 426 g/mol. The first-order valence-electron chi connectivity index (χ1n) is 9.00. The number of nitrogens with zero attached hydrogens (tertiary/aromatic N) is 4. The van der Waals surface area contributed by atoms with Gasteiger partial charge in [-0.15, -0.1) is 0 Å². The van der Waals surface area contributed by atoms with E-state index in [0.29, 0.717) is 39.9 Å². The van der Waals surface area contributed by atoms with Crippen molar-refractivity contribution in [2.24, 2.45) is 7.05 Å². The van der Waals surface area contributed by atoms with Crippen molar-refractivity contribution in [3.63, 3.8) is 0 Å². The first kappa shape index (κ1) is 19.4. The lowest BCUT2D eigenvalue weighted by Gasteiger charge is -2.11. The molecule has 0 spiro atoms. The molecule has 0 saturated carbocycles. The van der Waals surface area contributed by atoms with Crippen LogP contribution in [0.2, 0.25) is 10.0 Å². The SMILES string of the molecule is Cn1c(NCCc2ccc(-c3ccc(Cl)cc3)nn2)nc2cc(Cl)ccc2c1=O. The van der Waals surface area contributed by atoms with E-state index in [2.05, 4.69) is 20.5 Å². The van der Waals surface area contributed by atoms with Crippen molar-refractivity contribution in [3.05, 3.63) is 80.7 Å². The summed E-state index contributed by atoms with van der Waals surface area (Å²) in [5.41, 5.74) is 3.02. The summed E-state index contributed by atoms with van der Waals surface area (Å²) >= 11 is 11.9. The van der Waals surface area contributed by atoms with Crippen molar-refractivity contribution in [1.29, 1.82) is 0 Å². The molecule has 2 aromatic heterocycles. The molecular weight excluding hydrogens is 409 g/mol. The van der Waals surface area contributed by atoms with Gasteiger partial charge >= 0.3 is 0 Å². The zero-order valence-corrected chi connectivity index (χ0v) is 17.1. The van der Waals surface area contributed by atoms with Crippen LogP contribution in [0.15, 0.2) is 59.4 Å². The largest absolute Gasteiger partial charge is 0.355 e. The van der Waals surface area contributed by atoms with Crippen LogP contribution in [0, 0.1) is 0 Å².